The van der Waals surface area contributed by atoms with Crippen LogP contribution >= 0.6 is 11.6 Å². The molecule has 0 aliphatic carbocycles. The standard InChI is InChI=1S/C12H18ClNO2S/c1-10(2)14-8-5-9-17(15,16)12-7-4-3-6-11(12)13/h3-4,6-7,10,14H,5,8-9H2,1-2H3. The Morgan fingerprint density at radius 3 is 2.53 bits per heavy atom. The molecule has 17 heavy (non-hydrogen) atoms. The topological polar surface area (TPSA) is 46.2 Å². The first kappa shape index (κ1) is 14.5. The monoisotopic (exact) mass is 275 g/mol. The molecule has 96 valence electrons. The molecule has 1 rings (SSSR count). The van der Waals surface area contributed by atoms with E-state index in [1.54, 1.807) is 24.3 Å². The summed E-state index contributed by atoms with van der Waals surface area (Å²) in [5.41, 5.74) is 0. The van der Waals surface area contributed by atoms with Crippen LogP contribution in [0.15, 0.2) is 29.2 Å². The zero-order valence-corrected chi connectivity index (χ0v) is 11.7. The summed E-state index contributed by atoms with van der Waals surface area (Å²) in [5, 5.41) is 3.48. The second-order valence-corrected chi connectivity index (χ2v) is 6.70. The summed E-state index contributed by atoms with van der Waals surface area (Å²) in [6.07, 6.45) is 0.589. The Labute approximate surface area is 108 Å². The minimum Gasteiger partial charge on any atom is -0.314 e. The summed E-state index contributed by atoms with van der Waals surface area (Å²) in [6.45, 7) is 4.76. The van der Waals surface area contributed by atoms with Gasteiger partial charge in [-0.1, -0.05) is 37.6 Å². The Morgan fingerprint density at radius 1 is 1.29 bits per heavy atom. The molecular weight excluding hydrogens is 258 g/mol. The maximum atomic E-state index is 12.0. The fraction of sp³-hybridized carbons (Fsp3) is 0.500. The highest BCUT2D eigenvalue weighted by Crippen LogP contribution is 2.21. The second-order valence-electron chi connectivity index (χ2n) is 4.21. The maximum Gasteiger partial charge on any atom is 0.179 e. The van der Waals surface area contributed by atoms with E-state index >= 15 is 0 Å². The van der Waals surface area contributed by atoms with Crippen molar-refractivity contribution in [3.8, 4) is 0 Å². The molecule has 1 aromatic rings. The fourth-order valence-electron chi connectivity index (χ4n) is 1.46. The first-order chi connectivity index (χ1) is 7.93. The van der Waals surface area contributed by atoms with Crippen molar-refractivity contribution in [1.82, 2.24) is 5.32 Å². The summed E-state index contributed by atoms with van der Waals surface area (Å²) >= 11 is 5.88. The number of hydrogen-bond donors (Lipinski definition) is 1. The second kappa shape index (κ2) is 6.38. The van der Waals surface area contributed by atoms with Gasteiger partial charge >= 0.3 is 0 Å². The Bertz CT molecular complexity index is 457. The molecule has 0 saturated carbocycles. The van der Waals surface area contributed by atoms with Gasteiger partial charge in [-0.25, -0.2) is 8.42 Å². The average molecular weight is 276 g/mol. The number of hydrogen-bond acceptors (Lipinski definition) is 3. The van der Waals surface area contributed by atoms with Crippen molar-refractivity contribution in [2.75, 3.05) is 12.3 Å². The van der Waals surface area contributed by atoms with Gasteiger partial charge in [-0.2, -0.15) is 0 Å². The van der Waals surface area contributed by atoms with Crippen LogP contribution in [0.5, 0.6) is 0 Å². The van der Waals surface area contributed by atoms with Crippen LogP contribution in [0.4, 0.5) is 0 Å². The van der Waals surface area contributed by atoms with Gasteiger partial charge in [-0.15, -0.1) is 0 Å². The predicted octanol–water partition coefficient (Wildman–Crippen LogP) is 2.50. The van der Waals surface area contributed by atoms with Gasteiger partial charge in [-0.05, 0) is 25.1 Å². The molecule has 3 nitrogen and oxygen atoms in total. The molecule has 0 saturated heterocycles. The minimum atomic E-state index is -3.26. The van der Waals surface area contributed by atoms with Gasteiger partial charge in [0, 0.05) is 6.04 Å². The smallest absolute Gasteiger partial charge is 0.179 e. The summed E-state index contributed by atoms with van der Waals surface area (Å²) in [4.78, 5) is 0.228. The highest BCUT2D eigenvalue weighted by molar-refractivity contribution is 7.91. The number of benzene rings is 1. The molecule has 1 N–H and O–H groups in total. The molecule has 0 atom stereocenters. The summed E-state index contributed by atoms with van der Waals surface area (Å²) < 4.78 is 24.0. The lowest BCUT2D eigenvalue weighted by molar-refractivity contribution is 0.568. The van der Waals surface area contributed by atoms with Crippen LogP contribution in [0.2, 0.25) is 5.02 Å². The van der Waals surface area contributed by atoms with Crippen molar-refractivity contribution in [2.24, 2.45) is 0 Å². The van der Waals surface area contributed by atoms with E-state index in [-0.39, 0.29) is 10.6 Å². The van der Waals surface area contributed by atoms with Crippen LogP contribution in [0.1, 0.15) is 20.3 Å². The molecule has 0 spiro atoms. The van der Waals surface area contributed by atoms with Crippen LogP contribution in [0.25, 0.3) is 0 Å². The van der Waals surface area contributed by atoms with E-state index in [2.05, 4.69) is 5.32 Å². The van der Waals surface area contributed by atoms with Gasteiger partial charge in [0.1, 0.15) is 0 Å². The van der Waals surface area contributed by atoms with Crippen LogP contribution in [0.3, 0.4) is 0 Å². The lowest BCUT2D eigenvalue weighted by atomic mass is 10.4. The zero-order chi connectivity index (χ0) is 12.9. The Kier molecular flexibility index (Phi) is 5.43. The third-order valence-electron chi connectivity index (χ3n) is 2.31. The lowest BCUT2D eigenvalue weighted by Gasteiger charge is -2.09. The molecule has 5 heteroatoms. The van der Waals surface area contributed by atoms with Gasteiger partial charge in [-0.3, -0.25) is 0 Å². The van der Waals surface area contributed by atoms with Crippen molar-refractivity contribution in [3.63, 3.8) is 0 Å². The molecule has 0 aliphatic heterocycles. The number of rotatable bonds is 6. The Morgan fingerprint density at radius 2 is 1.94 bits per heavy atom. The van der Waals surface area contributed by atoms with E-state index < -0.39 is 9.84 Å². The number of sulfone groups is 1. The van der Waals surface area contributed by atoms with Gasteiger partial charge in [0.05, 0.1) is 15.7 Å². The zero-order valence-electron chi connectivity index (χ0n) is 10.1. The minimum absolute atomic E-state index is 0.121. The number of nitrogens with one attached hydrogen (secondary N) is 1. The van der Waals surface area contributed by atoms with Crippen molar-refractivity contribution in [2.45, 2.75) is 31.2 Å². The van der Waals surface area contributed by atoms with E-state index in [0.717, 1.165) is 0 Å². The Balaban J connectivity index is 2.61. The van der Waals surface area contributed by atoms with Gasteiger partial charge in [0.2, 0.25) is 0 Å². The molecule has 0 amide bonds. The van der Waals surface area contributed by atoms with Crippen LogP contribution < -0.4 is 5.32 Å². The van der Waals surface area contributed by atoms with Gasteiger partial charge in [0.25, 0.3) is 0 Å². The first-order valence-electron chi connectivity index (χ1n) is 5.64. The van der Waals surface area contributed by atoms with E-state index in [9.17, 15) is 8.42 Å². The highest BCUT2D eigenvalue weighted by Gasteiger charge is 2.16. The van der Waals surface area contributed by atoms with Gasteiger partial charge < -0.3 is 5.32 Å². The molecule has 0 unspecified atom stereocenters. The molecule has 0 radical (unpaired) electrons. The third-order valence-corrected chi connectivity index (χ3v) is 4.61. The Hall–Kier alpha value is -0.580. The number of halogens is 1. The molecule has 0 aromatic heterocycles. The SMILES string of the molecule is CC(C)NCCCS(=O)(=O)c1ccccc1Cl. The fourth-order valence-corrected chi connectivity index (χ4v) is 3.34. The summed E-state index contributed by atoms with van der Waals surface area (Å²) in [6, 6.07) is 6.93. The third kappa shape index (κ3) is 4.66. The average Bonchev–Trinajstić information content (AvgIpc) is 2.24. The van der Waals surface area contributed by atoms with Crippen molar-refractivity contribution >= 4 is 21.4 Å². The molecule has 1 aromatic carbocycles. The quantitative estimate of drug-likeness (QED) is 0.812. The molecule has 0 bridgehead atoms. The van der Waals surface area contributed by atoms with Crippen LogP contribution in [-0.4, -0.2) is 26.8 Å². The normalized spacial score (nSPS) is 12.0. The van der Waals surface area contributed by atoms with Crippen molar-refractivity contribution in [1.29, 1.82) is 0 Å². The lowest BCUT2D eigenvalue weighted by Crippen LogP contribution is -2.25. The van der Waals surface area contributed by atoms with E-state index in [1.165, 1.54) is 0 Å². The first-order valence-corrected chi connectivity index (χ1v) is 7.67. The van der Waals surface area contributed by atoms with E-state index in [0.29, 0.717) is 24.0 Å². The van der Waals surface area contributed by atoms with Crippen molar-refractivity contribution in [3.05, 3.63) is 29.3 Å². The molecule has 0 fully saturated rings. The summed E-state index contributed by atoms with van der Waals surface area (Å²) in [7, 11) is -3.26. The molecular formula is C12H18ClNO2S. The van der Waals surface area contributed by atoms with E-state index in [4.69, 9.17) is 11.6 Å². The summed E-state index contributed by atoms with van der Waals surface area (Å²) in [5.74, 6) is 0.121. The molecule has 0 heterocycles. The van der Waals surface area contributed by atoms with E-state index in [1.807, 2.05) is 13.8 Å². The largest absolute Gasteiger partial charge is 0.314 e. The highest BCUT2D eigenvalue weighted by atomic mass is 35.5. The van der Waals surface area contributed by atoms with Gasteiger partial charge in [0.15, 0.2) is 9.84 Å². The van der Waals surface area contributed by atoms with Crippen LogP contribution in [-0.2, 0) is 9.84 Å². The maximum absolute atomic E-state index is 12.0. The van der Waals surface area contributed by atoms with Crippen LogP contribution in [0, 0.1) is 0 Å². The molecule has 0 aliphatic rings. The van der Waals surface area contributed by atoms with Crippen molar-refractivity contribution < 1.29 is 8.42 Å². The predicted molar refractivity (Wildman–Crippen MR) is 71.3 cm³/mol.